The first-order valence-electron chi connectivity index (χ1n) is 9.43. The Labute approximate surface area is 168 Å². The van der Waals surface area contributed by atoms with Gasteiger partial charge in [-0.15, -0.1) is 0 Å². The van der Waals surface area contributed by atoms with E-state index in [1.54, 1.807) is 24.3 Å². The predicted octanol–water partition coefficient (Wildman–Crippen LogP) is 2.06. The smallest absolute Gasteiger partial charge is 0.329 e. The van der Waals surface area contributed by atoms with Crippen LogP contribution in [0, 0.1) is 11.8 Å². The fourth-order valence-electron chi connectivity index (χ4n) is 3.82. The Hall–Kier alpha value is -2.41. The Morgan fingerprint density at radius 3 is 2.39 bits per heavy atom. The first-order chi connectivity index (χ1) is 13.4. The summed E-state index contributed by atoms with van der Waals surface area (Å²) in [5, 5.41) is 3.14. The van der Waals surface area contributed by atoms with Gasteiger partial charge in [0.25, 0.3) is 5.91 Å². The minimum atomic E-state index is -1.04. The summed E-state index contributed by atoms with van der Waals surface area (Å²) in [6, 6.07) is 6.04. The normalized spacial score (nSPS) is 22.6. The number of nitrogens with zero attached hydrogens (tertiary/aromatic N) is 1. The minimum Gasteiger partial charge on any atom is -0.454 e. The summed E-state index contributed by atoms with van der Waals surface area (Å²) in [6.45, 7) is 1.17. The topological polar surface area (TPSA) is 92.8 Å². The number of carbonyl (C=O) groups is 4. The second-order valence-electron chi connectivity index (χ2n) is 7.20. The number of likely N-dealkylation sites (tertiary alicyclic amines) is 1. The molecule has 28 heavy (non-hydrogen) atoms. The molecule has 1 aromatic carbocycles. The molecule has 1 saturated heterocycles. The summed E-state index contributed by atoms with van der Waals surface area (Å²) in [5.41, 5.74) is 0.744. The fraction of sp³-hybridized carbons (Fsp3) is 0.500. The average molecular weight is 407 g/mol. The molecule has 1 N–H and O–H groups in total. The first kappa shape index (κ1) is 20.3. The maximum Gasteiger partial charge on any atom is 0.329 e. The van der Waals surface area contributed by atoms with Crippen LogP contribution >= 0.6 is 11.6 Å². The highest BCUT2D eigenvalue weighted by Crippen LogP contribution is 2.38. The van der Waals surface area contributed by atoms with Crippen molar-refractivity contribution in [3.8, 4) is 0 Å². The third kappa shape index (κ3) is 4.19. The number of fused-ring (bicyclic) bond motifs is 1. The second-order valence-corrected chi connectivity index (χ2v) is 7.60. The van der Waals surface area contributed by atoms with Gasteiger partial charge in [-0.1, -0.05) is 42.6 Å². The molecule has 0 aromatic heterocycles. The van der Waals surface area contributed by atoms with Crippen molar-refractivity contribution in [2.45, 2.75) is 45.2 Å². The van der Waals surface area contributed by atoms with Crippen LogP contribution in [0.2, 0.25) is 5.02 Å². The first-order valence-corrected chi connectivity index (χ1v) is 9.81. The Kier molecular flexibility index (Phi) is 6.34. The molecule has 0 bridgehead atoms. The molecule has 1 aromatic rings. The van der Waals surface area contributed by atoms with Gasteiger partial charge in [0.1, 0.15) is 6.04 Å². The number of esters is 1. The number of hydrogen-bond donors (Lipinski definition) is 1. The number of rotatable bonds is 6. The number of nitrogens with one attached hydrogen (secondary N) is 1. The molecule has 2 fully saturated rings. The quantitative estimate of drug-likeness (QED) is 0.576. The lowest BCUT2D eigenvalue weighted by Crippen LogP contribution is -2.45. The number of carbonyl (C=O) groups excluding carboxylic acids is 4. The summed E-state index contributed by atoms with van der Waals surface area (Å²) in [7, 11) is 0. The van der Waals surface area contributed by atoms with E-state index in [1.807, 2.05) is 0 Å². The van der Waals surface area contributed by atoms with Gasteiger partial charge >= 0.3 is 5.97 Å². The van der Waals surface area contributed by atoms with Crippen molar-refractivity contribution < 1.29 is 23.9 Å². The van der Waals surface area contributed by atoms with Gasteiger partial charge in [0.15, 0.2) is 6.61 Å². The molecule has 1 saturated carbocycles. The van der Waals surface area contributed by atoms with Crippen molar-refractivity contribution in [1.82, 2.24) is 10.2 Å². The summed E-state index contributed by atoms with van der Waals surface area (Å²) in [6.07, 6.45) is 3.19. The van der Waals surface area contributed by atoms with Crippen LogP contribution in [-0.4, -0.2) is 41.2 Å². The van der Waals surface area contributed by atoms with E-state index >= 15 is 0 Å². The van der Waals surface area contributed by atoms with E-state index in [0.717, 1.165) is 23.3 Å². The van der Waals surface area contributed by atoms with E-state index in [1.165, 1.54) is 6.92 Å². The highest BCUT2D eigenvalue weighted by molar-refractivity contribution is 6.31. The van der Waals surface area contributed by atoms with Crippen molar-refractivity contribution in [1.29, 1.82) is 0 Å². The molecule has 0 radical (unpaired) electrons. The van der Waals surface area contributed by atoms with Crippen LogP contribution in [-0.2, 0) is 30.5 Å². The Morgan fingerprint density at radius 2 is 1.79 bits per heavy atom. The van der Waals surface area contributed by atoms with E-state index < -0.39 is 24.5 Å². The van der Waals surface area contributed by atoms with Crippen LogP contribution in [0.3, 0.4) is 0 Å². The monoisotopic (exact) mass is 406 g/mol. The van der Waals surface area contributed by atoms with Gasteiger partial charge in [-0.05, 0) is 31.4 Å². The van der Waals surface area contributed by atoms with E-state index in [4.69, 9.17) is 16.3 Å². The Morgan fingerprint density at radius 1 is 1.18 bits per heavy atom. The summed E-state index contributed by atoms with van der Waals surface area (Å²) in [4.78, 5) is 50.3. The molecular formula is C20H23ClN2O5. The van der Waals surface area contributed by atoms with Crippen molar-refractivity contribution in [3.63, 3.8) is 0 Å². The number of imide groups is 1. The zero-order valence-electron chi connectivity index (χ0n) is 15.7. The number of ether oxygens (including phenoxy) is 1. The van der Waals surface area contributed by atoms with Gasteiger partial charge in [0.05, 0.1) is 11.8 Å². The maximum atomic E-state index is 12.5. The highest BCUT2D eigenvalue weighted by Gasteiger charge is 2.51. The Bertz CT molecular complexity index is 773. The number of hydrogen-bond acceptors (Lipinski definition) is 5. The van der Waals surface area contributed by atoms with Gasteiger partial charge in [-0.25, -0.2) is 4.79 Å². The molecule has 7 nitrogen and oxygen atoms in total. The number of benzene rings is 1. The molecule has 1 aliphatic heterocycles. The average Bonchev–Trinajstić information content (AvgIpc) is 2.95. The van der Waals surface area contributed by atoms with Gasteiger partial charge in [0, 0.05) is 11.6 Å². The lowest BCUT2D eigenvalue weighted by molar-refractivity contribution is -0.159. The van der Waals surface area contributed by atoms with Crippen molar-refractivity contribution in [2.24, 2.45) is 11.8 Å². The van der Waals surface area contributed by atoms with Crippen molar-refractivity contribution >= 4 is 35.3 Å². The summed E-state index contributed by atoms with van der Waals surface area (Å²) < 4.78 is 5.02. The van der Waals surface area contributed by atoms with Gasteiger partial charge in [-0.3, -0.25) is 19.3 Å². The van der Waals surface area contributed by atoms with Crippen LogP contribution in [0.5, 0.6) is 0 Å². The molecule has 2 aliphatic rings. The number of amides is 3. The predicted molar refractivity (Wildman–Crippen MR) is 101 cm³/mol. The van der Waals surface area contributed by atoms with Crippen LogP contribution < -0.4 is 5.32 Å². The lowest BCUT2D eigenvalue weighted by Gasteiger charge is -2.21. The molecule has 0 spiro atoms. The van der Waals surface area contributed by atoms with Crippen LogP contribution in [0.4, 0.5) is 0 Å². The molecule has 150 valence electrons. The van der Waals surface area contributed by atoms with E-state index in [-0.39, 0.29) is 30.2 Å². The Balaban J connectivity index is 1.50. The third-order valence-electron chi connectivity index (χ3n) is 5.38. The zero-order chi connectivity index (χ0) is 20.3. The lowest BCUT2D eigenvalue weighted by atomic mass is 9.81. The van der Waals surface area contributed by atoms with E-state index in [2.05, 4.69) is 5.32 Å². The molecule has 3 amide bonds. The van der Waals surface area contributed by atoms with Crippen molar-refractivity contribution in [3.05, 3.63) is 34.9 Å². The van der Waals surface area contributed by atoms with Gasteiger partial charge in [0.2, 0.25) is 11.8 Å². The molecule has 1 heterocycles. The van der Waals surface area contributed by atoms with Crippen LogP contribution in [0.15, 0.2) is 24.3 Å². The highest BCUT2D eigenvalue weighted by atomic mass is 35.5. The molecule has 3 rings (SSSR count). The SMILES string of the molecule is C[C@@H](C(=O)OCC(=O)NCc1ccccc1Cl)N1C(=O)[C@H]2CCCC[C@H]2C1=O. The van der Waals surface area contributed by atoms with Gasteiger partial charge in [-0.2, -0.15) is 0 Å². The summed E-state index contributed by atoms with van der Waals surface area (Å²) in [5.74, 6) is -2.52. The fourth-order valence-corrected chi connectivity index (χ4v) is 4.02. The van der Waals surface area contributed by atoms with E-state index in [0.29, 0.717) is 17.9 Å². The molecule has 3 atom stereocenters. The van der Waals surface area contributed by atoms with Crippen LogP contribution in [0.1, 0.15) is 38.2 Å². The van der Waals surface area contributed by atoms with Gasteiger partial charge < -0.3 is 10.1 Å². The van der Waals surface area contributed by atoms with Crippen molar-refractivity contribution in [2.75, 3.05) is 6.61 Å². The van der Waals surface area contributed by atoms with Crippen LogP contribution in [0.25, 0.3) is 0 Å². The third-order valence-corrected chi connectivity index (χ3v) is 5.75. The largest absolute Gasteiger partial charge is 0.454 e. The molecule has 0 unspecified atom stereocenters. The molecular weight excluding hydrogens is 384 g/mol. The summed E-state index contributed by atoms with van der Waals surface area (Å²) >= 11 is 6.02. The molecule has 8 heteroatoms. The standard InChI is InChI=1S/C20H23ClN2O5/c1-12(23-18(25)14-7-3-4-8-15(14)19(23)26)20(27)28-11-17(24)22-10-13-6-2-5-9-16(13)21/h2,5-6,9,12,14-15H,3-4,7-8,10-11H2,1H3,(H,22,24)/t12-,14-,15+/m0/s1. The molecule has 1 aliphatic carbocycles. The number of halogens is 1. The second kappa shape index (κ2) is 8.73. The minimum absolute atomic E-state index is 0.206. The van der Waals surface area contributed by atoms with E-state index in [9.17, 15) is 19.2 Å². The zero-order valence-corrected chi connectivity index (χ0v) is 16.4. The maximum absolute atomic E-state index is 12.5.